The van der Waals surface area contributed by atoms with Gasteiger partial charge in [0.2, 0.25) is 0 Å². The van der Waals surface area contributed by atoms with E-state index >= 15 is 0 Å². The van der Waals surface area contributed by atoms with Gasteiger partial charge in [0.1, 0.15) is 0 Å². The number of benzene rings is 3. The quantitative estimate of drug-likeness (QED) is 0.348. The van der Waals surface area contributed by atoms with Crippen LogP contribution in [0.3, 0.4) is 0 Å². The van der Waals surface area contributed by atoms with Crippen LogP contribution in [-0.4, -0.2) is 6.21 Å². The van der Waals surface area contributed by atoms with Crippen molar-refractivity contribution in [3.63, 3.8) is 0 Å². The minimum absolute atomic E-state index is 0.330. The van der Waals surface area contributed by atoms with Gasteiger partial charge in [-0.25, -0.2) is 0 Å². The molecular weight excluding hydrogens is 376 g/mol. The van der Waals surface area contributed by atoms with Gasteiger partial charge in [0.15, 0.2) is 0 Å². The molecule has 1 N–H and O–H groups in total. The van der Waals surface area contributed by atoms with Gasteiger partial charge in [-0.05, 0) is 65.6 Å². The van der Waals surface area contributed by atoms with Gasteiger partial charge in [0.05, 0.1) is 11.7 Å². The summed E-state index contributed by atoms with van der Waals surface area (Å²) >= 11 is 0. The number of fused-ring (bicyclic) bond motifs is 3. The average molecular weight is 407 g/mol. The Morgan fingerprint density at radius 2 is 1.74 bits per heavy atom. The molecule has 0 radical (unpaired) electrons. The van der Waals surface area contributed by atoms with Crippen molar-refractivity contribution < 1.29 is 0 Å². The summed E-state index contributed by atoms with van der Waals surface area (Å²) in [6.07, 6.45) is 7.83. The van der Waals surface area contributed by atoms with E-state index in [2.05, 4.69) is 105 Å². The van der Waals surface area contributed by atoms with E-state index in [-0.39, 0.29) is 0 Å². The van der Waals surface area contributed by atoms with Crippen LogP contribution in [-0.2, 0) is 0 Å². The lowest BCUT2D eigenvalue weighted by atomic mass is 9.76. The van der Waals surface area contributed by atoms with E-state index in [0.29, 0.717) is 23.8 Å². The van der Waals surface area contributed by atoms with Crippen LogP contribution >= 0.6 is 0 Å². The minimum Gasteiger partial charge on any atom is -0.378 e. The van der Waals surface area contributed by atoms with Gasteiger partial charge >= 0.3 is 0 Å². The number of rotatable bonds is 4. The molecule has 3 aromatic carbocycles. The Morgan fingerprint density at radius 3 is 2.48 bits per heavy atom. The highest BCUT2D eigenvalue weighted by Crippen LogP contribution is 2.50. The Kier molecular flexibility index (Phi) is 5.23. The molecule has 0 amide bonds. The van der Waals surface area contributed by atoms with Gasteiger partial charge in [-0.1, -0.05) is 80.1 Å². The van der Waals surface area contributed by atoms with E-state index < -0.39 is 0 Å². The first kappa shape index (κ1) is 19.8. The summed E-state index contributed by atoms with van der Waals surface area (Å²) in [5.74, 6) is 1.63. The van der Waals surface area contributed by atoms with Crippen LogP contribution in [0.5, 0.6) is 0 Å². The van der Waals surface area contributed by atoms with Crippen molar-refractivity contribution in [2.45, 2.75) is 45.1 Å². The summed E-state index contributed by atoms with van der Waals surface area (Å²) < 4.78 is 0. The summed E-state index contributed by atoms with van der Waals surface area (Å²) in [6.45, 7) is 6.61. The first-order chi connectivity index (χ1) is 15.1. The first-order valence-corrected chi connectivity index (χ1v) is 11.4. The fraction of sp³-hybridized carbons (Fsp3) is 0.276. The van der Waals surface area contributed by atoms with E-state index in [1.165, 1.54) is 27.9 Å². The van der Waals surface area contributed by atoms with Crippen molar-refractivity contribution in [1.29, 1.82) is 0 Å². The fourth-order valence-electron chi connectivity index (χ4n) is 4.93. The van der Waals surface area contributed by atoms with Crippen LogP contribution in [0.2, 0.25) is 0 Å². The second-order valence-electron chi connectivity index (χ2n) is 9.24. The van der Waals surface area contributed by atoms with E-state index in [4.69, 9.17) is 4.99 Å². The molecule has 0 bridgehead atoms. The molecule has 0 saturated heterocycles. The smallest absolute Gasteiger partial charge is 0.0630 e. The minimum atomic E-state index is 0.330. The monoisotopic (exact) mass is 406 g/mol. The zero-order valence-corrected chi connectivity index (χ0v) is 18.5. The maximum atomic E-state index is 4.69. The van der Waals surface area contributed by atoms with Crippen LogP contribution in [0.15, 0.2) is 83.9 Å². The lowest BCUT2D eigenvalue weighted by molar-refractivity contribution is 0.425. The summed E-state index contributed by atoms with van der Waals surface area (Å²) in [4.78, 5) is 4.69. The molecule has 1 aliphatic carbocycles. The molecule has 3 aromatic rings. The topological polar surface area (TPSA) is 24.4 Å². The number of allylic oxidation sites excluding steroid dienone is 2. The zero-order valence-electron chi connectivity index (χ0n) is 18.5. The predicted molar refractivity (Wildman–Crippen MR) is 132 cm³/mol. The van der Waals surface area contributed by atoms with Crippen LogP contribution in [0.25, 0.3) is 0 Å². The molecule has 5 rings (SSSR count). The van der Waals surface area contributed by atoms with Gasteiger partial charge in [-0.15, -0.1) is 0 Å². The molecule has 1 heterocycles. The maximum Gasteiger partial charge on any atom is 0.0630 e. The number of aliphatic imine (C=N–C) groups is 1. The van der Waals surface area contributed by atoms with Gasteiger partial charge < -0.3 is 5.32 Å². The summed E-state index contributed by atoms with van der Waals surface area (Å²) in [7, 11) is 0. The molecule has 0 spiro atoms. The number of anilines is 1. The molecule has 2 heteroatoms. The van der Waals surface area contributed by atoms with Crippen molar-refractivity contribution in [3.8, 4) is 0 Å². The largest absolute Gasteiger partial charge is 0.378 e. The van der Waals surface area contributed by atoms with Crippen molar-refractivity contribution in [3.05, 3.63) is 107 Å². The highest BCUT2D eigenvalue weighted by atomic mass is 15.0. The van der Waals surface area contributed by atoms with Crippen molar-refractivity contribution in [1.82, 2.24) is 0 Å². The Bertz CT molecular complexity index is 1120. The number of nitrogens with zero attached hydrogens (tertiary/aromatic N) is 1. The van der Waals surface area contributed by atoms with Crippen LogP contribution in [0.4, 0.5) is 11.4 Å². The third-order valence-electron chi connectivity index (χ3n) is 6.74. The Morgan fingerprint density at radius 1 is 0.968 bits per heavy atom. The predicted octanol–water partition coefficient (Wildman–Crippen LogP) is 7.70. The molecule has 31 heavy (non-hydrogen) atoms. The van der Waals surface area contributed by atoms with Gasteiger partial charge in [0.25, 0.3) is 0 Å². The lowest BCUT2D eigenvalue weighted by Crippen LogP contribution is -2.29. The number of nitrogens with one attached hydrogen (secondary N) is 1. The number of hydrogen-bond acceptors (Lipinski definition) is 2. The van der Waals surface area contributed by atoms with E-state index in [9.17, 15) is 0 Å². The van der Waals surface area contributed by atoms with Gasteiger partial charge in [-0.2, -0.15) is 0 Å². The van der Waals surface area contributed by atoms with Gasteiger partial charge in [0, 0.05) is 17.8 Å². The van der Waals surface area contributed by atoms with Crippen LogP contribution in [0.1, 0.15) is 66.0 Å². The second-order valence-corrected chi connectivity index (χ2v) is 9.24. The molecular formula is C29H30N2. The third kappa shape index (κ3) is 3.95. The number of hydrogen-bond donors (Lipinski definition) is 1. The standard InChI is InChI=1S/C29H30N2/c1-19(2)22-10-8-21(9-11-22)18-30-24-14-12-23(13-15-24)29-26-6-4-5-25(26)27-17-20(3)7-16-28(27)31-29/h4-5,7-19,25-26,29,31H,6H2,1-3H3/t25-,26-,29+/m1/s1. The third-order valence-corrected chi connectivity index (χ3v) is 6.74. The van der Waals surface area contributed by atoms with E-state index in [1.54, 1.807) is 0 Å². The molecule has 0 saturated carbocycles. The highest BCUT2D eigenvalue weighted by Gasteiger charge is 2.37. The average Bonchev–Trinajstić information content (AvgIpc) is 3.28. The Hall–Kier alpha value is -3.13. The SMILES string of the molecule is Cc1ccc2c(c1)[C@@H]1C=CC[C@H]1[C@H](c1ccc(N=Cc3ccc(C(C)C)cc3)cc1)N2. The normalized spacial score (nSPS) is 21.9. The fourth-order valence-corrected chi connectivity index (χ4v) is 4.93. The molecule has 2 aliphatic rings. The first-order valence-electron chi connectivity index (χ1n) is 11.4. The summed E-state index contributed by atoms with van der Waals surface area (Å²) in [6, 6.07) is 24.5. The van der Waals surface area contributed by atoms with Crippen molar-refractivity contribution >= 4 is 17.6 Å². The lowest BCUT2D eigenvalue weighted by Gasteiger charge is -2.37. The van der Waals surface area contributed by atoms with Crippen molar-refractivity contribution in [2.75, 3.05) is 5.32 Å². The number of aryl methyl sites for hydroxylation is 1. The molecule has 3 atom stereocenters. The molecule has 1 aliphatic heterocycles. The molecule has 156 valence electrons. The highest BCUT2D eigenvalue weighted by molar-refractivity contribution is 5.82. The molecule has 0 aromatic heterocycles. The van der Waals surface area contributed by atoms with Crippen LogP contribution in [0, 0.1) is 12.8 Å². The summed E-state index contributed by atoms with van der Waals surface area (Å²) in [5.41, 5.74) is 8.87. The maximum absolute atomic E-state index is 4.69. The summed E-state index contributed by atoms with van der Waals surface area (Å²) in [5, 5.41) is 3.83. The molecule has 2 nitrogen and oxygen atoms in total. The van der Waals surface area contributed by atoms with Crippen molar-refractivity contribution in [2.24, 2.45) is 10.9 Å². The Balaban J connectivity index is 1.34. The molecule has 0 fully saturated rings. The Labute approximate surface area is 185 Å². The van der Waals surface area contributed by atoms with E-state index in [0.717, 1.165) is 17.7 Å². The zero-order chi connectivity index (χ0) is 21.4. The second kappa shape index (κ2) is 8.19. The molecule has 0 unspecified atom stereocenters. The van der Waals surface area contributed by atoms with E-state index in [1.807, 2.05) is 6.21 Å². The van der Waals surface area contributed by atoms with Gasteiger partial charge in [-0.3, -0.25) is 4.99 Å². The van der Waals surface area contributed by atoms with Crippen LogP contribution < -0.4 is 5.32 Å².